The van der Waals surface area contributed by atoms with Crippen LogP contribution in [0.15, 0.2) is 0 Å². The van der Waals surface area contributed by atoms with Gasteiger partial charge in [-0.25, -0.2) is 0 Å². The van der Waals surface area contributed by atoms with Crippen LogP contribution in [-0.4, -0.2) is 39.8 Å². The zero-order valence-electron chi connectivity index (χ0n) is 8.77. The molecule has 0 radical (unpaired) electrons. The molecule has 1 aliphatic carbocycles. The average Bonchev–Trinajstić information content (AvgIpc) is 2.50. The lowest BCUT2D eigenvalue weighted by atomic mass is 9.92. The van der Waals surface area contributed by atoms with Crippen molar-refractivity contribution in [1.82, 2.24) is 0 Å². The lowest BCUT2D eigenvalue weighted by Gasteiger charge is -2.35. The molecule has 1 spiro atoms. The first-order valence-electron chi connectivity index (χ1n) is 5.15. The van der Waals surface area contributed by atoms with Gasteiger partial charge in [0.2, 0.25) is 0 Å². The molecule has 2 rings (SSSR count). The standard InChI is InChI=1S/C9H16O5S/c1-15(10,11)14-8-3-2-4-9(7-8)12-5-6-13-9/h8H,2-7H2,1H3. The quantitative estimate of drug-likeness (QED) is 0.659. The predicted octanol–water partition coefficient (Wildman–Crippen LogP) is 0.648. The minimum absolute atomic E-state index is 0.299. The molecule has 1 atom stereocenters. The van der Waals surface area contributed by atoms with Crippen LogP contribution >= 0.6 is 0 Å². The van der Waals surface area contributed by atoms with Gasteiger partial charge in [-0.05, 0) is 12.8 Å². The molecule has 1 heterocycles. The molecule has 0 amide bonds. The highest BCUT2D eigenvalue weighted by molar-refractivity contribution is 7.86. The summed E-state index contributed by atoms with van der Waals surface area (Å²) in [5.74, 6) is -0.576. The third-order valence-electron chi connectivity index (χ3n) is 2.75. The van der Waals surface area contributed by atoms with Crippen molar-refractivity contribution in [3.63, 3.8) is 0 Å². The summed E-state index contributed by atoms with van der Waals surface area (Å²) in [5.41, 5.74) is 0. The smallest absolute Gasteiger partial charge is 0.264 e. The second kappa shape index (κ2) is 4.01. The van der Waals surface area contributed by atoms with Crippen LogP contribution in [0, 0.1) is 0 Å². The fourth-order valence-electron chi connectivity index (χ4n) is 2.24. The van der Waals surface area contributed by atoms with Crippen LogP contribution in [0.4, 0.5) is 0 Å². The topological polar surface area (TPSA) is 61.8 Å². The van der Waals surface area contributed by atoms with Crippen LogP contribution in [0.3, 0.4) is 0 Å². The zero-order chi connectivity index (χ0) is 10.9. The van der Waals surface area contributed by atoms with E-state index in [1.807, 2.05) is 0 Å². The third kappa shape index (κ3) is 2.90. The largest absolute Gasteiger partial charge is 0.347 e. The Morgan fingerprint density at radius 3 is 2.60 bits per heavy atom. The van der Waals surface area contributed by atoms with E-state index in [1.54, 1.807) is 0 Å². The van der Waals surface area contributed by atoms with Crippen molar-refractivity contribution in [3.05, 3.63) is 0 Å². The number of ether oxygens (including phenoxy) is 2. The molecule has 1 aliphatic heterocycles. The van der Waals surface area contributed by atoms with Gasteiger partial charge in [0, 0.05) is 12.8 Å². The molecule has 0 N–H and O–H groups in total. The van der Waals surface area contributed by atoms with E-state index in [-0.39, 0.29) is 6.10 Å². The van der Waals surface area contributed by atoms with E-state index < -0.39 is 15.9 Å². The van der Waals surface area contributed by atoms with Gasteiger partial charge in [0.25, 0.3) is 10.1 Å². The Balaban J connectivity index is 1.98. The molecule has 5 nitrogen and oxygen atoms in total. The second-order valence-electron chi connectivity index (χ2n) is 4.13. The minimum Gasteiger partial charge on any atom is -0.347 e. The first-order valence-corrected chi connectivity index (χ1v) is 6.97. The molecule has 0 aromatic carbocycles. The van der Waals surface area contributed by atoms with Gasteiger partial charge >= 0.3 is 0 Å². The van der Waals surface area contributed by atoms with Gasteiger partial charge in [0.1, 0.15) is 0 Å². The summed E-state index contributed by atoms with van der Waals surface area (Å²) in [6.45, 7) is 1.18. The van der Waals surface area contributed by atoms with Gasteiger partial charge < -0.3 is 9.47 Å². The molecule has 6 heteroatoms. The Morgan fingerprint density at radius 2 is 2.00 bits per heavy atom. The maximum atomic E-state index is 11.0. The van der Waals surface area contributed by atoms with Crippen LogP contribution in [0.2, 0.25) is 0 Å². The summed E-state index contributed by atoms with van der Waals surface area (Å²) >= 11 is 0. The highest BCUT2D eigenvalue weighted by Crippen LogP contribution is 2.37. The molecule has 2 fully saturated rings. The summed E-state index contributed by atoms with van der Waals surface area (Å²) in [6, 6.07) is 0. The van der Waals surface area contributed by atoms with Gasteiger partial charge in [-0.3, -0.25) is 4.18 Å². The molecule has 0 aromatic rings. The molecule has 0 bridgehead atoms. The van der Waals surface area contributed by atoms with E-state index in [2.05, 4.69) is 0 Å². The van der Waals surface area contributed by atoms with Crippen molar-refractivity contribution in [1.29, 1.82) is 0 Å². The van der Waals surface area contributed by atoms with Crippen molar-refractivity contribution in [2.75, 3.05) is 19.5 Å². The summed E-state index contributed by atoms with van der Waals surface area (Å²) in [4.78, 5) is 0. The van der Waals surface area contributed by atoms with Gasteiger partial charge in [-0.15, -0.1) is 0 Å². The maximum absolute atomic E-state index is 11.0. The van der Waals surface area contributed by atoms with Crippen molar-refractivity contribution < 1.29 is 22.1 Å². The first kappa shape index (κ1) is 11.3. The Morgan fingerprint density at radius 1 is 1.33 bits per heavy atom. The van der Waals surface area contributed by atoms with E-state index in [0.29, 0.717) is 19.6 Å². The van der Waals surface area contributed by atoms with Crippen LogP contribution in [0.1, 0.15) is 25.7 Å². The Labute approximate surface area is 89.8 Å². The number of hydrogen-bond donors (Lipinski definition) is 0. The molecule has 1 saturated heterocycles. The summed E-state index contributed by atoms with van der Waals surface area (Å²) in [7, 11) is -3.38. The lowest BCUT2D eigenvalue weighted by Crippen LogP contribution is -2.40. The van der Waals surface area contributed by atoms with Crippen molar-refractivity contribution in [2.45, 2.75) is 37.6 Å². The van der Waals surface area contributed by atoms with Crippen LogP contribution in [0.25, 0.3) is 0 Å². The maximum Gasteiger partial charge on any atom is 0.264 e. The van der Waals surface area contributed by atoms with E-state index in [9.17, 15) is 8.42 Å². The van der Waals surface area contributed by atoms with Crippen LogP contribution in [0.5, 0.6) is 0 Å². The summed E-state index contributed by atoms with van der Waals surface area (Å²) in [5, 5.41) is 0. The first-order chi connectivity index (χ1) is 6.99. The highest BCUT2D eigenvalue weighted by Gasteiger charge is 2.42. The number of rotatable bonds is 2. The molecular formula is C9H16O5S. The monoisotopic (exact) mass is 236 g/mol. The fraction of sp³-hybridized carbons (Fsp3) is 1.00. The number of hydrogen-bond acceptors (Lipinski definition) is 5. The van der Waals surface area contributed by atoms with Gasteiger partial charge in [0.15, 0.2) is 5.79 Å². The molecular weight excluding hydrogens is 220 g/mol. The summed E-state index contributed by atoms with van der Waals surface area (Å²) in [6.07, 6.45) is 3.75. The third-order valence-corrected chi connectivity index (χ3v) is 3.37. The van der Waals surface area contributed by atoms with Gasteiger partial charge in [-0.1, -0.05) is 0 Å². The molecule has 2 aliphatic rings. The second-order valence-corrected chi connectivity index (χ2v) is 5.73. The highest BCUT2D eigenvalue weighted by atomic mass is 32.2. The fourth-order valence-corrected chi connectivity index (χ4v) is 2.90. The Bertz CT molecular complexity index is 317. The minimum atomic E-state index is -3.38. The van der Waals surface area contributed by atoms with E-state index in [1.165, 1.54) is 0 Å². The van der Waals surface area contributed by atoms with E-state index >= 15 is 0 Å². The molecule has 0 aromatic heterocycles. The normalized spacial score (nSPS) is 30.9. The van der Waals surface area contributed by atoms with Crippen LogP contribution < -0.4 is 0 Å². The molecule has 88 valence electrons. The Kier molecular flexibility index (Phi) is 3.03. The van der Waals surface area contributed by atoms with Crippen molar-refractivity contribution >= 4 is 10.1 Å². The van der Waals surface area contributed by atoms with Crippen molar-refractivity contribution in [2.24, 2.45) is 0 Å². The summed E-state index contributed by atoms with van der Waals surface area (Å²) < 4.78 is 38.0. The zero-order valence-corrected chi connectivity index (χ0v) is 9.59. The van der Waals surface area contributed by atoms with E-state index in [4.69, 9.17) is 13.7 Å². The average molecular weight is 236 g/mol. The van der Waals surface area contributed by atoms with Gasteiger partial charge in [-0.2, -0.15) is 8.42 Å². The molecule has 1 saturated carbocycles. The SMILES string of the molecule is CS(=O)(=O)OC1CCCC2(C1)OCCO2. The van der Waals surface area contributed by atoms with E-state index in [0.717, 1.165) is 25.5 Å². The molecule has 1 unspecified atom stereocenters. The Hall–Kier alpha value is -0.170. The van der Waals surface area contributed by atoms with Crippen LogP contribution in [-0.2, 0) is 23.8 Å². The van der Waals surface area contributed by atoms with Crippen molar-refractivity contribution in [3.8, 4) is 0 Å². The molecule has 15 heavy (non-hydrogen) atoms. The van der Waals surface area contributed by atoms with Gasteiger partial charge in [0.05, 0.1) is 25.6 Å². The lowest BCUT2D eigenvalue weighted by molar-refractivity contribution is -0.192. The predicted molar refractivity (Wildman–Crippen MR) is 52.8 cm³/mol.